The van der Waals surface area contributed by atoms with Crippen LogP contribution in [0.4, 0.5) is 0 Å². The van der Waals surface area contributed by atoms with Gasteiger partial charge in [0.15, 0.2) is 0 Å². The Bertz CT molecular complexity index is 44.8. The lowest BCUT2D eigenvalue weighted by Gasteiger charge is -1.89. The molecule has 0 saturated heterocycles. The van der Waals surface area contributed by atoms with Gasteiger partial charge < -0.3 is 5.73 Å². The van der Waals surface area contributed by atoms with Crippen molar-refractivity contribution in [1.82, 2.24) is 0 Å². The molecule has 2 heteroatoms. The summed E-state index contributed by atoms with van der Waals surface area (Å²) in [5.41, 5.74) is 5.05. The lowest BCUT2D eigenvalue weighted by atomic mass is 10.3. The van der Waals surface area contributed by atoms with Crippen molar-refractivity contribution in [2.24, 2.45) is 5.73 Å². The van der Waals surface area contributed by atoms with Gasteiger partial charge in [-0.3, -0.25) is 4.79 Å². The van der Waals surface area contributed by atoms with Crippen LogP contribution in [0.25, 0.3) is 0 Å². The predicted molar refractivity (Wildman–Crippen MR) is 24.0 cm³/mol. The van der Waals surface area contributed by atoms with Crippen LogP contribution in [-0.4, -0.2) is 12.3 Å². The van der Waals surface area contributed by atoms with Gasteiger partial charge in [-0.2, -0.15) is 0 Å². The number of nitrogens with two attached hydrogens (primary N) is 1. The van der Waals surface area contributed by atoms with E-state index in [1.54, 1.807) is 6.29 Å². The Kier molecular flexibility index (Phi) is 2.67. The van der Waals surface area contributed by atoms with Gasteiger partial charge in [-0.05, 0) is 6.42 Å². The van der Waals surface area contributed by atoms with E-state index < -0.39 is 0 Å². The van der Waals surface area contributed by atoms with Gasteiger partial charge in [-0.15, -0.1) is 0 Å². The first kappa shape index (κ1) is 5.63. The number of rotatable bonds is 2. The van der Waals surface area contributed by atoms with Crippen molar-refractivity contribution >= 4 is 6.29 Å². The fraction of sp³-hybridized carbons (Fsp3) is 0.750. The summed E-state index contributed by atoms with van der Waals surface area (Å²) in [6.45, 7) is 1.84. The van der Waals surface area contributed by atoms with E-state index in [1.165, 1.54) is 0 Å². The minimum absolute atomic E-state index is 0.370. The van der Waals surface area contributed by atoms with Crippen LogP contribution in [0.1, 0.15) is 13.3 Å². The molecule has 1 radical (unpaired) electrons. The summed E-state index contributed by atoms with van der Waals surface area (Å²) in [5.74, 6) is 0. The summed E-state index contributed by atoms with van der Waals surface area (Å²) in [6.07, 6.45) is 2.33. The summed E-state index contributed by atoms with van der Waals surface area (Å²) in [6, 6.07) is -0.370. The zero-order chi connectivity index (χ0) is 4.99. The highest BCUT2D eigenvalue weighted by atomic mass is 16.1. The molecule has 2 nitrogen and oxygen atoms in total. The van der Waals surface area contributed by atoms with Crippen LogP contribution in [0.15, 0.2) is 0 Å². The molecule has 2 N–H and O–H groups in total. The molecule has 0 bridgehead atoms. The highest BCUT2D eigenvalue weighted by Crippen LogP contribution is 1.75. The molecule has 0 aromatic carbocycles. The van der Waals surface area contributed by atoms with Crippen molar-refractivity contribution in [3.05, 3.63) is 0 Å². The van der Waals surface area contributed by atoms with Crippen molar-refractivity contribution < 1.29 is 4.79 Å². The van der Waals surface area contributed by atoms with Crippen molar-refractivity contribution in [3.8, 4) is 0 Å². The maximum atomic E-state index is 9.49. The lowest BCUT2D eigenvalue weighted by molar-refractivity contribution is 0.539. The second-order valence-corrected chi connectivity index (χ2v) is 1.13. The Morgan fingerprint density at radius 3 is 2.50 bits per heavy atom. The van der Waals surface area contributed by atoms with Gasteiger partial charge in [0.25, 0.3) is 0 Å². The van der Waals surface area contributed by atoms with E-state index in [0.29, 0.717) is 6.42 Å². The molecule has 0 rings (SSSR count). The average molecular weight is 86.1 g/mol. The van der Waals surface area contributed by atoms with Gasteiger partial charge in [0.2, 0.25) is 6.29 Å². The monoisotopic (exact) mass is 86.1 g/mol. The molecule has 0 fully saturated rings. The molecule has 0 aliphatic carbocycles. The predicted octanol–water partition coefficient (Wildman–Crippen LogP) is -0.167. The molecular weight excluding hydrogens is 78.0 g/mol. The van der Waals surface area contributed by atoms with Crippen molar-refractivity contribution in [2.45, 2.75) is 19.4 Å². The minimum Gasteiger partial charge on any atom is -0.321 e. The van der Waals surface area contributed by atoms with Gasteiger partial charge in [0.05, 0.1) is 6.04 Å². The SMILES string of the molecule is CCC(N)[C]=O. The highest BCUT2D eigenvalue weighted by Gasteiger charge is 1.91. The molecular formula is C4H8NO. The van der Waals surface area contributed by atoms with Crippen LogP contribution in [0.2, 0.25) is 0 Å². The Labute approximate surface area is 37.3 Å². The minimum atomic E-state index is -0.370. The second kappa shape index (κ2) is 2.85. The molecule has 0 saturated carbocycles. The van der Waals surface area contributed by atoms with Crippen molar-refractivity contribution in [2.75, 3.05) is 0 Å². The van der Waals surface area contributed by atoms with Crippen LogP contribution >= 0.6 is 0 Å². The van der Waals surface area contributed by atoms with Crippen molar-refractivity contribution in [1.29, 1.82) is 0 Å². The van der Waals surface area contributed by atoms with Crippen LogP contribution in [0, 0.1) is 0 Å². The molecule has 1 atom stereocenters. The third kappa shape index (κ3) is 1.91. The highest BCUT2D eigenvalue weighted by molar-refractivity contribution is 5.57. The van der Waals surface area contributed by atoms with Gasteiger partial charge in [0, 0.05) is 0 Å². The lowest BCUT2D eigenvalue weighted by Crippen LogP contribution is -2.19. The molecule has 35 valence electrons. The van der Waals surface area contributed by atoms with E-state index in [0.717, 1.165) is 0 Å². The number of hydrogen-bond donors (Lipinski definition) is 1. The van der Waals surface area contributed by atoms with E-state index in [2.05, 4.69) is 0 Å². The third-order valence-corrected chi connectivity index (χ3v) is 0.591. The average Bonchev–Trinajstić information content (AvgIpc) is 1.65. The van der Waals surface area contributed by atoms with Gasteiger partial charge >= 0.3 is 0 Å². The topological polar surface area (TPSA) is 43.1 Å². The third-order valence-electron chi connectivity index (χ3n) is 0.591. The maximum absolute atomic E-state index is 9.49. The molecule has 0 aromatic rings. The summed E-state index contributed by atoms with van der Waals surface area (Å²) < 4.78 is 0. The largest absolute Gasteiger partial charge is 0.321 e. The zero-order valence-corrected chi connectivity index (χ0v) is 3.77. The summed E-state index contributed by atoms with van der Waals surface area (Å²) in [7, 11) is 0. The summed E-state index contributed by atoms with van der Waals surface area (Å²) in [5, 5.41) is 0. The normalized spacial score (nSPS) is 13.7. The van der Waals surface area contributed by atoms with E-state index in [4.69, 9.17) is 5.73 Å². The van der Waals surface area contributed by atoms with E-state index in [9.17, 15) is 4.79 Å². The standard InChI is InChI=1S/C4H8NO/c1-2-4(5)3-6/h4H,2,5H2,1H3. The molecule has 6 heavy (non-hydrogen) atoms. The first-order valence-electron chi connectivity index (χ1n) is 1.94. The van der Waals surface area contributed by atoms with Crippen LogP contribution in [0.3, 0.4) is 0 Å². The van der Waals surface area contributed by atoms with E-state index >= 15 is 0 Å². The smallest absolute Gasteiger partial charge is 0.216 e. The van der Waals surface area contributed by atoms with Crippen molar-refractivity contribution in [3.63, 3.8) is 0 Å². The maximum Gasteiger partial charge on any atom is 0.216 e. The van der Waals surface area contributed by atoms with Crippen LogP contribution in [-0.2, 0) is 4.79 Å². The first-order valence-corrected chi connectivity index (χ1v) is 1.94. The molecule has 0 spiro atoms. The Hall–Kier alpha value is -0.370. The molecule has 0 heterocycles. The Balaban J connectivity index is 2.96. The first-order chi connectivity index (χ1) is 2.81. The van der Waals surface area contributed by atoms with Gasteiger partial charge in [-0.25, -0.2) is 0 Å². The van der Waals surface area contributed by atoms with E-state index in [-0.39, 0.29) is 6.04 Å². The molecule has 0 aromatic heterocycles. The Morgan fingerprint density at radius 1 is 2.00 bits per heavy atom. The molecule has 1 unspecified atom stereocenters. The van der Waals surface area contributed by atoms with E-state index in [1.807, 2.05) is 6.92 Å². The van der Waals surface area contributed by atoms with Crippen LogP contribution < -0.4 is 5.73 Å². The van der Waals surface area contributed by atoms with Gasteiger partial charge in [-0.1, -0.05) is 6.92 Å². The molecule has 0 amide bonds. The fourth-order valence-electron chi connectivity index (χ4n) is 0.0833. The van der Waals surface area contributed by atoms with Gasteiger partial charge in [0.1, 0.15) is 0 Å². The van der Waals surface area contributed by atoms with Crippen LogP contribution in [0.5, 0.6) is 0 Å². The zero-order valence-electron chi connectivity index (χ0n) is 3.77. The quantitative estimate of drug-likeness (QED) is 0.507. The Morgan fingerprint density at radius 2 is 2.50 bits per heavy atom. The fourth-order valence-corrected chi connectivity index (χ4v) is 0.0833. The molecule has 0 aliphatic rings. The second-order valence-electron chi connectivity index (χ2n) is 1.13. The number of carbonyl (C=O) groups excluding carboxylic acids is 1. The molecule has 0 aliphatic heterocycles. The summed E-state index contributed by atoms with van der Waals surface area (Å²) >= 11 is 0. The number of hydrogen-bond acceptors (Lipinski definition) is 2. The summed E-state index contributed by atoms with van der Waals surface area (Å²) in [4.78, 5) is 9.49.